The zero-order valence-electron chi connectivity index (χ0n) is 15.5. The van der Waals surface area contributed by atoms with E-state index in [1.54, 1.807) is 12.1 Å². The van der Waals surface area contributed by atoms with Crippen molar-refractivity contribution in [2.24, 2.45) is 10.9 Å². The van der Waals surface area contributed by atoms with E-state index in [1.165, 1.54) is 17.2 Å². The van der Waals surface area contributed by atoms with Crippen LogP contribution >= 0.6 is 11.9 Å². The van der Waals surface area contributed by atoms with Gasteiger partial charge in [0.05, 0.1) is 11.3 Å². The highest BCUT2D eigenvalue weighted by atomic mass is 32.2. The van der Waals surface area contributed by atoms with Crippen LogP contribution in [0.5, 0.6) is 5.75 Å². The number of amides is 1. The van der Waals surface area contributed by atoms with E-state index in [-0.39, 0.29) is 23.0 Å². The third-order valence-corrected chi connectivity index (χ3v) is 4.85. The van der Waals surface area contributed by atoms with Gasteiger partial charge in [0, 0.05) is 11.1 Å². The number of nitrogens with two attached hydrogens (primary N) is 2. The molecule has 0 radical (unpaired) electrons. The third kappa shape index (κ3) is 4.74. The second-order valence-corrected chi connectivity index (χ2v) is 6.96. The molecule has 0 spiro atoms. The standard InChI is InChI=1S/C18H13N3O2.C2H6N2OS/c19-10-13-9-12(7-8-16(13)22)18-20-17(21-23-18)15-6-2-4-11-3-1-5-14(11)15;3-2(5)1-6-4/h2,4,6-9,22H,1,3,5H2;1,4H2,(H2,3,5). The molecule has 9 heteroatoms. The third-order valence-electron chi connectivity index (χ3n) is 4.40. The van der Waals surface area contributed by atoms with E-state index in [1.807, 2.05) is 18.2 Å². The lowest BCUT2D eigenvalue weighted by molar-refractivity contribution is -0.115. The second kappa shape index (κ2) is 9.23. The molecule has 0 aliphatic heterocycles. The van der Waals surface area contributed by atoms with Gasteiger partial charge in [0.1, 0.15) is 11.8 Å². The van der Waals surface area contributed by atoms with Crippen molar-refractivity contribution < 1.29 is 14.4 Å². The van der Waals surface area contributed by atoms with Crippen molar-refractivity contribution >= 4 is 17.9 Å². The summed E-state index contributed by atoms with van der Waals surface area (Å²) in [7, 11) is 0. The van der Waals surface area contributed by atoms with Gasteiger partial charge in [-0.25, -0.2) is 0 Å². The molecule has 1 amide bonds. The van der Waals surface area contributed by atoms with Crippen LogP contribution in [0.2, 0.25) is 0 Å². The minimum absolute atomic E-state index is 0.0585. The van der Waals surface area contributed by atoms with Crippen molar-refractivity contribution in [3.05, 3.63) is 53.1 Å². The SMILES string of the molecule is N#Cc1cc(-c2nc(-c3cccc4c3CCC4)no2)ccc1O.NSCC(N)=O. The van der Waals surface area contributed by atoms with Gasteiger partial charge >= 0.3 is 0 Å². The summed E-state index contributed by atoms with van der Waals surface area (Å²) in [5.41, 5.74) is 9.12. The molecule has 4 rings (SSSR count). The molecule has 0 fully saturated rings. The first-order chi connectivity index (χ1) is 14.0. The van der Waals surface area contributed by atoms with Crippen molar-refractivity contribution in [3.8, 4) is 34.7 Å². The van der Waals surface area contributed by atoms with Crippen molar-refractivity contribution in [2.45, 2.75) is 19.3 Å². The average molecular weight is 409 g/mol. The van der Waals surface area contributed by atoms with Crippen LogP contribution in [0.1, 0.15) is 23.1 Å². The topological polar surface area (TPSA) is 152 Å². The van der Waals surface area contributed by atoms with Gasteiger partial charge < -0.3 is 15.4 Å². The summed E-state index contributed by atoms with van der Waals surface area (Å²) in [6.45, 7) is 0. The molecule has 1 heterocycles. The minimum atomic E-state index is -0.373. The molecule has 0 bridgehead atoms. The molecule has 5 N–H and O–H groups in total. The quantitative estimate of drug-likeness (QED) is 0.556. The smallest absolute Gasteiger partial charge is 0.258 e. The van der Waals surface area contributed by atoms with Crippen molar-refractivity contribution in [3.63, 3.8) is 0 Å². The molecule has 1 aliphatic carbocycles. The molecule has 1 aromatic heterocycles. The lowest BCUT2D eigenvalue weighted by Crippen LogP contribution is -2.14. The Kier molecular flexibility index (Phi) is 6.49. The Morgan fingerprint density at radius 2 is 2.14 bits per heavy atom. The fourth-order valence-electron chi connectivity index (χ4n) is 3.12. The second-order valence-electron chi connectivity index (χ2n) is 6.34. The number of aryl methyl sites for hydroxylation is 1. The summed E-state index contributed by atoms with van der Waals surface area (Å²) in [4.78, 5) is 14.2. The lowest BCUT2D eigenvalue weighted by Gasteiger charge is -2.03. The Hall–Kier alpha value is -3.35. The van der Waals surface area contributed by atoms with Gasteiger partial charge in [-0.15, -0.1) is 0 Å². The highest BCUT2D eigenvalue weighted by Gasteiger charge is 2.19. The number of primary amides is 1. The van der Waals surface area contributed by atoms with E-state index in [9.17, 15) is 9.90 Å². The number of benzene rings is 2. The van der Waals surface area contributed by atoms with Crippen LogP contribution in [0, 0.1) is 11.3 Å². The maximum atomic E-state index is 9.72. The van der Waals surface area contributed by atoms with Gasteiger partial charge in [-0.1, -0.05) is 35.3 Å². The highest BCUT2D eigenvalue weighted by molar-refractivity contribution is 7.97. The number of aromatic hydroxyl groups is 1. The number of aromatic nitrogens is 2. The summed E-state index contributed by atoms with van der Waals surface area (Å²) in [5.74, 6) is 0.678. The first-order valence-electron chi connectivity index (χ1n) is 8.81. The lowest BCUT2D eigenvalue weighted by atomic mass is 10.0. The first kappa shape index (κ1) is 20.4. The van der Waals surface area contributed by atoms with E-state index in [2.05, 4.69) is 21.9 Å². The number of fused-ring (bicyclic) bond motifs is 1. The molecule has 0 atom stereocenters. The Morgan fingerprint density at radius 1 is 1.31 bits per heavy atom. The molecule has 29 heavy (non-hydrogen) atoms. The zero-order valence-corrected chi connectivity index (χ0v) is 16.3. The van der Waals surface area contributed by atoms with E-state index >= 15 is 0 Å². The summed E-state index contributed by atoms with van der Waals surface area (Å²) < 4.78 is 5.35. The Bertz CT molecular complexity index is 1070. The molecular formula is C20H19N5O3S. The number of carbonyl (C=O) groups is 1. The van der Waals surface area contributed by atoms with Gasteiger partial charge in [0.15, 0.2) is 0 Å². The normalized spacial score (nSPS) is 11.9. The molecule has 3 aromatic rings. The van der Waals surface area contributed by atoms with E-state index < -0.39 is 0 Å². The molecule has 1 aliphatic rings. The Morgan fingerprint density at radius 3 is 2.83 bits per heavy atom. The van der Waals surface area contributed by atoms with Gasteiger partial charge in [0.2, 0.25) is 11.7 Å². The fraction of sp³-hybridized carbons (Fsp3) is 0.200. The summed E-state index contributed by atoms with van der Waals surface area (Å²) in [6.07, 6.45) is 3.28. The van der Waals surface area contributed by atoms with Crippen molar-refractivity contribution in [1.82, 2.24) is 10.1 Å². The molecule has 148 valence electrons. The van der Waals surface area contributed by atoms with E-state index in [4.69, 9.17) is 14.9 Å². The largest absolute Gasteiger partial charge is 0.507 e. The van der Waals surface area contributed by atoms with Crippen LogP contribution in [0.4, 0.5) is 0 Å². The highest BCUT2D eigenvalue weighted by Crippen LogP contribution is 2.32. The van der Waals surface area contributed by atoms with Gasteiger partial charge in [-0.05, 0) is 48.6 Å². The predicted molar refractivity (Wildman–Crippen MR) is 109 cm³/mol. The predicted octanol–water partition coefficient (Wildman–Crippen LogP) is 2.55. The molecule has 2 aromatic carbocycles. The van der Waals surface area contributed by atoms with Crippen molar-refractivity contribution in [2.75, 3.05) is 5.75 Å². The molecule has 0 saturated carbocycles. The summed E-state index contributed by atoms with van der Waals surface area (Å²) in [5, 5.41) is 27.5. The number of rotatable bonds is 4. The van der Waals surface area contributed by atoms with Crippen molar-refractivity contribution in [1.29, 1.82) is 5.26 Å². The van der Waals surface area contributed by atoms with Gasteiger partial charge in [0.25, 0.3) is 5.89 Å². The van der Waals surface area contributed by atoms with Gasteiger partial charge in [-0.3, -0.25) is 9.93 Å². The van der Waals surface area contributed by atoms with E-state index in [0.717, 1.165) is 36.8 Å². The molecule has 0 saturated heterocycles. The number of hydrogen-bond acceptors (Lipinski definition) is 8. The Balaban J connectivity index is 0.000000353. The van der Waals surface area contributed by atoms with E-state index in [0.29, 0.717) is 17.3 Å². The number of nitriles is 1. The maximum absolute atomic E-state index is 9.72. The maximum Gasteiger partial charge on any atom is 0.258 e. The molecule has 0 unspecified atom stereocenters. The first-order valence-corrected chi connectivity index (χ1v) is 9.86. The fourth-order valence-corrected chi connectivity index (χ4v) is 3.28. The Labute approximate surface area is 171 Å². The number of nitrogens with zero attached hydrogens (tertiary/aromatic N) is 3. The van der Waals surface area contributed by atoms with Crippen LogP contribution in [-0.2, 0) is 17.6 Å². The minimum Gasteiger partial charge on any atom is -0.507 e. The number of hydrogen-bond donors (Lipinski definition) is 3. The van der Waals surface area contributed by atoms with Crippen LogP contribution in [-0.4, -0.2) is 26.9 Å². The number of carbonyl (C=O) groups excluding carboxylic acids is 1. The summed E-state index contributed by atoms with van der Waals surface area (Å²) in [6, 6.07) is 12.8. The summed E-state index contributed by atoms with van der Waals surface area (Å²) >= 11 is 0.935. The average Bonchev–Trinajstić information content (AvgIpc) is 3.38. The van der Waals surface area contributed by atoms with Crippen LogP contribution in [0.15, 0.2) is 40.9 Å². The van der Waals surface area contributed by atoms with Gasteiger partial charge in [-0.2, -0.15) is 10.2 Å². The van der Waals surface area contributed by atoms with Crippen LogP contribution in [0.25, 0.3) is 22.8 Å². The monoisotopic (exact) mass is 409 g/mol. The number of phenolic OH excluding ortho intramolecular Hbond substituents is 1. The van der Waals surface area contributed by atoms with Crippen LogP contribution in [0.3, 0.4) is 0 Å². The number of phenols is 1. The molecular weight excluding hydrogens is 390 g/mol. The van der Waals surface area contributed by atoms with Crippen LogP contribution < -0.4 is 10.9 Å². The molecule has 8 nitrogen and oxygen atoms in total. The zero-order chi connectivity index (χ0) is 20.8.